The lowest BCUT2D eigenvalue weighted by Gasteiger charge is -2.14. The lowest BCUT2D eigenvalue weighted by Crippen LogP contribution is -2.33. The number of aromatic nitrogens is 3. The Morgan fingerprint density at radius 2 is 1.82 bits per heavy atom. The Balaban J connectivity index is 1.35. The summed E-state index contributed by atoms with van der Waals surface area (Å²) in [4.78, 5) is 27.4. The van der Waals surface area contributed by atoms with Gasteiger partial charge in [0.1, 0.15) is 5.25 Å². The van der Waals surface area contributed by atoms with Gasteiger partial charge in [-0.15, -0.1) is 10.2 Å². The molecule has 1 aliphatic rings. The van der Waals surface area contributed by atoms with Crippen LogP contribution in [0.5, 0.6) is 0 Å². The summed E-state index contributed by atoms with van der Waals surface area (Å²) in [6.07, 6.45) is 0.870. The molecule has 0 bridgehead atoms. The van der Waals surface area contributed by atoms with Gasteiger partial charge in [0.25, 0.3) is 0 Å². The van der Waals surface area contributed by atoms with E-state index >= 15 is 0 Å². The lowest BCUT2D eigenvalue weighted by molar-refractivity contribution is -0.138. The average molecular weight is 409 g/mol. The van der Waals surface area contributed by atoms with Gasteiger partial charge in [0.2, 0.25) is 16.8 Å². The Morgan fingerprint density at radius 3 is 2.68 bits per heavy atom. The summed E-state index contributed by atoms with van der Waals surface area (Å²) in [5.74, 6) is -0.253. The summed E-state index contributed by atoms with van der Waals surface area (Å²) >= 11 is 2.89. The fourth-order valence-corrected chi connectivity index (χ4v) is 5.53. The van der Waals surface area contributed by atoms with Crippen molar-refractivity contribution < 1.29 is 9.59 Å². The summed E-state index contributed by atoms with van der Waals surface area (Å²) in [5, 5.41) is 8.70. The zero-order valence-corrected chi connectivity index (χ0v) is 16.4. The van der Waals surface area contributed by atoms with Crippen molar-refractivity contribution in [2.75, 3.05) is 6.54 Å². The van der Waals surface area contributed by atoms with Crippen molar-refractivity contribution >= 4 is 50.1 Å². The van der Waals surface area contributed by atoms with E-state index in [0.29, 0.717) is 18.1 Å². The standard InChI is InChI=1S/C20H16N4O2S2/c25-17-12-16(18(26)23(17)11-10-13-6-2-1-3-7-13)28-20-22-21-19-24(20)14-8-4-5-9-15(14)27-19/h1-9,16H,10-12H2/t16-/m0/s1. The Bertz CT molecular complexity index is 1180. The van der Waals surface area contributed by atoms with Crippen molar-refractivity contribution in [3.63, 3.8) is 0 Å². The van der Waals surface area contributed by atoms with Crippen molar-refractivity contribution in [1.29, 1.82) is 0 Å². The molecule has 4 aromatic rings. The summed E-state index contributed by atoms with van der Waals surface area (Å²) in [6.45, 7) is 0.412. The van der Waals surface area contributed by atoms with Gasteiger partial charge in [0.05, 0.1) is 10.2 Å². The molecule has 8 heteroatoms. The van der Waals surface area contributed by atoms with Crippen LogP contribution in [0.4, 0.5) is 0 Å². The highest BCUT2D eigenvalue weighted by Crippen LogP contribution is 2.34. The molecule has 3 heterocycles. The van der Waals surface area contributed by atoms with E-state index in [1.54, 1.807) is 11.3 Å². The number of para-hydroxylation sites is 1. The third-order valence-electron chi connectivity index (χ3n) is 4.83. The highest BCUT2D eigenvalue weighted by molar-refractivity contribution is 8.00. The first-order chi connectivity index (χ1) is 13.7. The maximum Gasteiger partial charge on any atom is 0.243 e. The first-order valence-electron chi connectivity index (χ1n) is 8.98. The Morgan fingerprint density at radius 1 is 1.04 bits per heavy atom. The molecule has 1 saturated heterocycles. The molecule has 0 unspecified atom stereocenters. The molecule has 5 rings (SSSR count). The molecular weight excluding hydrogens is 392 g/mol. The van der Waals surface area contributed by atoms with Crippen LogP contribution in [-0.4, -0.2) is 43.1 Å². The Kier molecular flexibility index (Phi) is 4.37. The highest BCUT2D eigenvalue weighted by Gasteiger charge is 2.39. The number of likely N-dealkylation sites (tertiary alicyclic amines) is 1. The number of amides is 2. The molecule has 0 saturated carbocycles. The third-order valence-corrected chi connectivity index (χ3v) is 6.97. The van der Waals surface area contributed by atoms with Gasteiger partial charge >= 0.3 is 0 Å². The van der Waals surface area contributed by atoms with Crippen molar-refractivity contribution in [1.82, 2.24) is 19.5 Å². The van der Waals surface area contributed by atoms with Crippen LogP contribution >= 0.6 is 23.1 Å². The highest BCUT2D eigenvalue weighted by atomic mass is 32.2. The van der Waals surface area contributed by atoms with Crippen molar-refractivity contribution in [2.24, 2.45) is 0 Å². The normalized spacial score (nSPS) is 17.3. The topological polar surface area (TPSA) is 67.6 Å². The first-order valence-corrected chi connectivity index (χ1v) is 10.7. The molecule has 2 aromatic heterocycles. The van der Waals surface area contributed by atoms with Crippen LogP contribution in [0, 0.1) is 0 Å². The predicted octanol–water partition coefficient (Wildman–Crippen LogP) is 3.41. The summed E-state index contributed by atoms with van der Waals surface area (Å²) in [5.41, 5.74) is 2.14. The second-order valence-corrected chi connectivity index (χ2v) is 8.78. The fourth-order valence-electron chi connectivity index (χ4n) is 3.42. The van der Waals surface area contributed by atoms with Gasteiger partial charge in [-0.05, 0) is 24.1 Å². The number of benzene rings is 2. The second-order valence-electron chi connectivity index (χ2n) is 6.60. The Labute approximate surface area is 169 Å². The van der Waals surface area contributed by atoms with Crippen LogP contribution in [0.2, 0.25) is 0 Å². The number of hydrogen-bond acceptors (Lipinski definition) is 6. The molecule has 0 N–H and O–H groups in total. The molecule has 0 spiro atoms. The van der Waals surface area contributed by atoms with Gasteiger partial charge in [-0.2, -0.15) is 0 Å². The lowest BCUT2D eigenvalue weighted by atomic mass is 10.1. The van der Waals surface area contributed by atoms with E-state index in [2.05, 4.69) is 10.2 Å². The van der Waals surface area contributed by atoms with Gasteiger partial charge < -0.3 is 0 Å². The van der Waals surface area contributed by atoms with E-state index < -0.39 is 5.25 Å². The fraction of sp³-hybridized carbons (Fsp3) is 0.200. The summed E-state index contributed by atoms with van der Waals surface area (Å²) in [6, 6.07) is 17.9. The number of hydrogen-bond donors (Lipinski definition) is 0. The number of imide groups is 1. The van der Waals surface area contributed by atoms with Crippen LogP contribution in [0.25, 0.3) is 15.2 Å². The second kappa shape index (κ2) is 7.03. The quantitative estimate of drug-likeness (QED) is 0.474. The van der Waals surface area contributed by atoms with Crippen LogP contribution in [0.15, 0.2) is 59.8 Å². The number of carbonyl (C=O) groups excluding carboxylic acids is 2. The first kappa shape index (κ1) is 17.4. The van der Waals surface area contributed by atoms with E-state index in [9.17, 15) is 9.59 Å². The smallest absolute Gasteiger partial charge is 0.243 e. The number of thiazole rings is 1. The van der Waals surface area contributed by atoms with E-state index in [1.807, 2.05) is 59.0 Å². The molecule has 28 heavy (non-hydrogen) atoms. The number of fused-ring (bicyclic) bond motifs is 3. The molecule has 2 aromatic carbocycles. The maximum absolute atomic E-state index is 12.8. The number of nitrogens with zero attached hydrogens (tertiary/aromatic N) is 4. The molecule has 6 nitrogen and oxygen atoms in total. The maximum atomic E-state index is 12.8. The molecule has 140 valence electrons. The molecule has 0 radical (unpaired) electrons. The van der Waals surface area contributed by atoms with Gasteiger partial charge in [-0.1, -0.05) is 65.6 Å². The molecule has 1 atom stereocenters. The summed E-state index contributed by atoms with van der Waals surface area (Å²) < 4.78 is 3.09. The zero-order chi connectivity index (χ0) is 19.1. The van der Waals surface area contributed by atoms with E-state index in [0.717, 1.165) is 20.7 Å². The molecule has 2 amide bonds. The average Bonchev–Trinajstić information content (AvgIpc) is 3.35. The molecule has 0 aliphatic carbocycles. The largest absolute Gasteiger partial charge is 0.281 e. The van der Waals surface area contributed by atoms with Crippen molar-refractivity contribution in [3.05, 3.63) is 60.2 Å². The van der Waals surface area contributed by atoms with E-state index in [4.69, 9.17) is 0 Å². The van der Waals surface area contributed by atoms with Crippen molar-refractivity contribution in [3.8, 4) is 0 Å². The molecule has 1 aliphatic heterocycles. The van der Waals surface area contributed by atoms with Crippen molar-refractivity contribution in [2.45, 2.75) is 23.2 Å². The monoisotopic (exact) mass is 408 g/mol. The van der Waals surface area contributed by atoms with Crippen LogP contribution < -0.4 is 0 Å². The SMILES string of the molecule is O=C1C[C@H](Sc2nnc3sc4ccccc4n23)C(=O)N1CCc1ccccc1. The van der Waals surface area contributed by atoms with Gasteiger partial charge in [-0.3, -0.25) is 18.9 Å². The Hall–Kier alpha value is -2.71. The molecule has 1 fully saturated rings. The predicted molar refractivity (Wildman–Crippen MR) is 109 cm³/mol. The summed E-state index contributed by atoms with van der Waals surface area (Å²) in [7, 11) is 0. The number of thioether (sulfide) groups is 1. The van der Waals surface area contributed by atoms with E-state index in [1.165, 1.54) is 16.7 Å². The minimum atomic E-state index is -0.450. The van der Waals surface area contributed by atoms with Gasteiger partial charge in [0.15, 0.2) is 5.16 Å². The number of rotatable bonds is 5. The van der Waals surface area contributed by atoms with Crippen LogP contribution in [0.3, 0.4) is 0 Å². The van der Waals surface area contributed by atoms with Gasteiger partial charge in [-0.25, -0.2) is 0 Å². The number of carbonyl (C=O) groups is 2. The van der Waals surface area contributed by atoms with Gasteiger partial charge in [0, 0.05) is 13.0 Å². The third kappa shape index (κ3) is 2.98. The minimum absolute atomic E-state index is 0.116. The van der Waals surface area contributed by atoms with Crippen LogP contribution in [-0.2, 0) is 16.0 Å². The zero-order valence-electron chi connectivity index (χ0n) is 14.8. The molecular formula is C20H16N4O2S2. The minimum Gasteiger partial charge on any atom is -0.281 e. The van der Waals surface area contributed by atoms with Crippen LogP contribution in [0.1, 0.15) is 12.0 Å². The van der Waals surface area contributed by atoms with E-state index in [-0.39, 0.29) is 18.2 Å².